The number of nitrogens with two attached hydrogens (primary N) is 1. The number of imidazole rings is 1. The standard InChI is InChI=1S/C24H30N6/c1-14-4-7-18(8-5-14)30(3)13-16-6-9-20-17(10-16)11-21(28-20)19-12-22(25)29-24-23(19)26-15(2)27-24/h6,9-12,14,18,28H,4-5,7-8,13H2,1-3H3,(H3,25,26,27,29). The number of rotatable bonds is 4. The van der Waals surface area contributed by atoms with E-state index in [1.807, 2.05) is 13.0 Å². The van der Waals surface area contributed by atoms with Gasteiger partial charge < -0.3 is 15.7 Å². The molecule has 5 rings (SSSR count). The van der Waals surface area contributed by atoms with Crippen molar-refractivity contribution < 1.29 is 0 Å². The summed E-state index contributed by atoms with van der Waals surface area (Å²) in [5.41, 5.74) is 12.1. The van der Waals surface area contributed by atoms with Gasteiger partial charge in [-0.2, -0.15) is 0 Å². The number of hydrogen-bond acceptors (Lipinski definition) is 4. The summed E-state index contributed by atoms with van der Waals surface area (Å²) in [6.45, 7) is 5.30. The summed E-state index contributed by atoms with van der Waals surface area (Å²) >= 11 is 0. The topological polar surface area (TPSA) is 86.6 Å². The van der Waals surface area contributed by atoms with Crippen LogP contribution in [0.25, 0.3) is 33.3 Å². The van der Waals surface area contributed by atoms with Crippen molar-refractivity contribution in [3.05, 3.63) is 41.7 Å². The van der Waals surface area contributed by atoms with Gasteiger partial charge in [0.25, 0.3) is 0 Å². The van der Waals surface area contributed by atoms with Crippen LogP contribution in [0.1, 0.15) is 44.0 Å². The molecule has 156 valence electrons. The van der Waals surface area contributed by atoms with Gasteiger partial charge in [0.15, 0.2) is 5.65 Å². The number of benzene rings is 1. The lowest BCUT2D eigenvalue weighted by molar-refractivity contribution is 0.164. The number of aryl methyl sites for hydroxylation is 1. The van der Waals surface area contributed by atoms with Crippen LogP contribution < -0.4 is 5.73 Å². The number of aromatic nitrogens is 4. The molecule has 30 heavy (non-hydrogen) atoms. The Labute approximate surface area is 176 Å². The van der Waals surface area contributed by atoms with E-state index in [1.54, 1.807) is 0 Å². The lowest BCUT2D eigenvalue weighted by atomic mass is 9.86. The highest BCUT2D eigenvalue weighted by Gasteiger charge is 2.21. The van der Waals surface area contributed by atoms with Gasteiger partial charge in [-0.15, -0.1) is 0 Å². The zero-order valence-corrected chi connectivity index (χ0v) is 18.0. The van der Waals surface area contributed by atoms with Gasteiger partial charge in [0.05, 0.1) is 5.52 Å². The van der Waals surface area contributed by atoms with Crippen molar-refractivity contribution in [1.82, 2.24) is 24.8 Å². The fraction of sp³-hybridized carbons (Fsp3) is 0.417. The second-order valence-corrected chi connectivity index (χ2v) is 9.05. The molecule has 4 aromatic rings. The van der Waals surface area contributed by atoms with E-state index in [2.05, 4.69) is 63.1 Å². The van der Waals surface area contributed by atoms with Crippen LogP contribution >= 0.6 is 0 Å². The summed E-state index contributed by atoms with van der Waals surface area (Å²) in [5, 5.41) is 1.22. The summed E-state index contributed by atoms with van der Waals surface area (Å²) in [6, 6.07) is 11.5. The van der Waals surface area contributed by atoms with E-state index >= 15 is 0 Å². The van der Waals surface area contributed by atoms with Gasteiger partial charge in [0, 0.05) is 34.7 Å². The summed E-state index contributed by atoms with van der Waals surface area (Å²) in [7, 11) is 2.27. The minimum absolute atomic E-state index is 0.478. The molecule has 6 heteroatoms. The Morgan fingerprint density at radius 1 is 1.07 bits per heavy atom. The van der Waals surface area contributed by atoms with E-state index in [-0.39, 0.29) is 0 Å². The SMILES string of the molecule is Cc1nc2nc(N)cc(-c3cc4cc(CN(C)C5CCC(C)CC5)ccc4[nH]3)c2[nH]1. The molecule has 0 amide bonds. The summed E-state index contributed by atoms with van der Waals surface area (Å²) < 4.78 is 0. The third-order valence-corrected chi connectivity index (χ3v) is 6.62. The minimum atomic E-state index is 0.478. The molecular formula is C24H30N6. The molecule has 0 aliphatic heterocycles. The van der Waals surface area contributed by atoms with Crippen molar-refractivity contribution in [1.29, 1.82) is 0 Å². The van der Waals surface area contributed by atoms with E-state index in [0.29, 0.717) is 17.5 Å². The van der Waals surface area contributed by atoms with Gasteiger partial charge in [0.2, 0.25) is 0 Å². The van der Waals surface area contributed by atoms with Crippen molar-refractivity contribution in [2.75, 3.05) is 12.8 Å². The summed E-state index contributed by atoms with van der Waals surface area (Å²) in [5.74, 6) is 2.20. The van der Waals surface area contributed by atoms with Crippen molar-refractivity contribution in [2.24, 2.45) is 5.92 Å². The Bertz CT molecular complexity index is 1200. The molecule has 4 N–H and O–H groups in total. The van der Waals surface area contributed by atoms with Gasteiger partial charge in [-0.05, 0) is 75.4 Å². The highest BCUT2D eigenvalue weighted by Crippen LogP contribution is 2.31. The van der Waals surface area contributed by atoms with Crippen LogP contribution in [0.5, 0.6) is 0 Å². The number of H-pyrrole nitrogens is 2. The van der Waals surface area contributed by atoms with Gasteiger partial charge >= 0.3 is 0 Å². The smallest absolute Gasteiger partial charge is 0.180 e. The van der Waals surface area contributed by atoms with E-state index in [9.17, 15) is 0 Å². The van der Waals surface area contributed by atoms with E-state index in [1.165, 1.54) is 36.6 Å². The lowest BCUT2D eigenvalue weighted by Gasteiger charge is -2.33. The van der Waals surface area contributed by atoms with Gasteiger partial charge in [-0.1, -0.05) is 13.0 Å². The fourth-order valence-corrected chi connectivity index (χ4v) is 4.86. The van der Waals surface area contributed by atoms with Crippen molar-refractivity contribution >= 4 is 27.9 Å². The van der Waals surface area contributed by atoms with Gasteiger partial charge in [0.1, 0.15) is 11.6 Å². The largest absolute Gasteiger partial charge is 0.384 e. The summed E-state index contributed by atoms with van der Waals surface area (Å²) in [6.07, 6.45) is 5.34. The van der Waals surface area contributed by atoms with Crippen molar-refractivity contribution in [3.63, 3.8) is 0 Å². The average molecular weight is 403 g/mol. The van der Waals surface area contributed by atoms with Crippen molar-refractivity contribution in [3.8, 4) is 11.3 Å². The molecule has 1 aromatic carbocycles. The van der Waals surface area contributed by atoms with Crippen LogP contribution in [0.4, 0.5) is 5.82 Å². The molecule has 6 nitrogen and oxygen atoms in total. The Balaban J connectivity index is 1.43. The fourth-order valence-electron chi connectivity index (χ4n) is 4.86. The Morgan fingerprint density at radius 3 is 2.67 bits per heavy atom. The third kappa shape index (κ3) is 3.56. The molecule has 3 aromatic heterocycles. The van der Waals surface area contributed by atoms with E-state index < -0.39 is 0 Å². The number of fused-ring (bicyclic) bond motifs is 2. The number of pyridine rings is 1. The molecule has 0 bridgehead atoms. The molecule has 0 spiro atoms. The zero-order valence-electron chi connectivity index (χ0n) is 18.0. The lowest BCUT2D eigenvalue weighted by Crippen LogP contribution is -2.34. The van der Waals surface area contributed by atoms with Gasteiger partial charge in [-0.3, -0.25) is 4.90 Å². The molecule has 1 aliphatic rings. The molecule has 0 unspecified atom stereocenters. The number of nitrogens with one attached hydrogen (secondary N) is 2. The van der Waals surface area contributed by atoms with Crippen LogP contribution in [0.2, 0.25) is 0 Å². The highest BCUT2D eigenvalue weighted by atomic mass is 15.1. The number of aromatic amines is 2. The maximum absolute atomic E-state index is 6.04. The Hall–Kier alpha value is -2.86. The normalized spacial score (nSPS) is 19.9. The Morgan fingerprint density at radius 2 is 1.87 bits per heavy atom. The second-order valence-electron chi connectivity index (χ2n) is 9.05. The molecular weight excluding hydrogens is 372 g/mol. The predicted octanol–water partition coefficient (Wildman–Crippen LogP) is 5.01. The van der Waals surface area contributed by atoms with E-state index in [0.717, 1.165) is 40.6 Å². The maximum Gasteiger partial charge on any atom is 0.180 e. The first-order chi connectivity index (χ1) is 14.5. The molecule has 1 fully saturated rings. The summed E-state index contributed by atoms with van der Waals surface area (Å²) in [4.78, 5) is 18.2. The molecule has 0 atom stereocenters. The number of anilines is 1. The molecule has 0 saturated heterocycles. The minimum Gasteiger partial charge on any atom is -0.384 e. The van der Waals surface area contributed by atoms with Crippen LogP contribution in [0.15, 0.2) is 30.3 Å². The number of nitrogens with zero attached hydrogens (tertiary/aromatic N) is 3. The van der Waals surface area contributed by atoms with Crippen LogP contribution in [-0.2, 0) is 6.54 Å². The van der Waals surface area contributed by atoms with Gasteiger partial charge in [-0.25, -0.2) is 9.97 Å². The first-order valence-corrected chi connectivity index (χ1v) is 10.9. The molecule has 3 heterocycles. The third-order valence-electron chi connectivity index (χ3n) is 6.62. The first kappa shape index (κ1) is 19.1. The quantitative estimate of drug-likeness (QED) is 0.448. The predicted molar refractivity (Wildman–Crippen MR) is 123 cm³/mol. The Kier molecular flexibility index (Phi) is 4.74. The highest BCUT2D eigenvalue weighted by molar-refractivity contribution is 5.95. The maximum atomic E-state index is 6.04. The number of hydrogen-bond donors (Lipinski definition) is 3. The molecule has 1 saturated carbocycles. The van der Waals surface area contributed by atoms with Crippen molar-refractivity contribution in [2.45, 2.75) is 52.1 Å². The van der Waals surface area contributed by atoms with Crippen LogP contribution in [0.3, 0.4) is 0 Å². The molecule has 1 aliphatic carbocycles. The monoisotopic (exact) mass is 402 g/mol. The zero-order chi connectivity index (χ0) is 20.8. The molecule has 0 radical (unpaired) electrons. The number of nitrogen functional groups attached to an aromatic ring is 1. The second kappa shape index (κ2) is 7.43. The first-order valence-electron chi connectivity index (χ1n) is 10.9. The van der Waals surface area contributed by atoms with Crippen LogP contribution in [0, 0.1) is 12.8 Å². The van der Waals surface area contributed by atoms with Crippen LogP contribution in [-0.4, -0.2) is 37.9 Å². The van der Waals surface area contributed by atoms with E-state index in [4.69, 9.17) is 5.73 Å². The average Bonchev–Trinajstić information content (AvgIpc) is 3.29.